The van der Waals surface area contributed by atoms with Crippen LogP contribution < -0.4 is 10.2 Å². The number of aromatic nitrogens is 2. The lowest BCUT2D eigenvalue weighted by molar-refractivity contribution is 0.267. The van der Waals surface area contributed by atoms with Gasteiger partial charge in [-0.05, 0) is 24.3 Å². The zero-order valence-electron chi connectivity index (χ0n) is 12.8. The molecule has 122 valence electrons. The first-order chi connectivity index (χ1) is 11.2. The second-order valence-electron chi connectivity index (χ2n) is 5.46. The minimum absolute atomic E-state index is 0.192. The van der Waals surface area contributed by atoms with Gasteiger partial charge in [0.1, 0.15) is 16.8 Å². The minimum Gasteiger partial charge on any atom is -0.369 e. The normalized spacial score (nSPS) is 15.7. The summed E-state index contributed by atoms with van der Waals surface area (Å²) < 4.78 is 13.0. The van der Waals surface area contributed by atoms with Crippen molar-refractivity contribution in [2.45, 2.75) is 0 Å². The number of nitrogens with zero attached hydrogens (tertiary/aromatic N) is 4. The number of anilines is 2. The monoisotopic (exact) mass is 335 g/mol. The SMILES string of the molecule is Fc1ccc(N2CCN(CCNc3cncc(Cl)n3)CC2)cc1. The van der Waals surface area contributed by atoms with Crippen LogP contribution >= 0.6 is 11.6 Å². The third-order valence-corrected chi connectivity index (χ3v) is 4.09. The Hall–Kier alpha value is -1.92. The summed E-state index contributed by atoms with van der Waals surface area (Å²) in [5, 5.41) is 3.62. The molecule has 0 unspecified atom stereocenters. The van der Waals surface area contributed by atoms with E-state index in [9.17, 15) is 4.39 Å². The molecule has 0 spiro atoms. The lowest BCUT2D eigenvalue weighted by Gasteiger charge is -2.36. The van der Waals surface area contributed by atoms with Crippen molar-refractivity contribution in [2.24, 2.45) is 0 Å². The Morgan fingerprint density at radius 3 is 2.52 bits per heavy atom. The molecule has 0 aliphatic carbocycles. The van der Waals surface area contributed by atoms with Crippen LogP contribution in [0.5, 0.6) is 0 Å². The summed E-state index contributed by atoms with van der Waals surface area (Å²) in [6, 6.07) is 6.70. The average Bonchev–Trinajstić information content (AvgIpc) is 2.56. The molecule has 0 saturated carbocycles. The van der Waals surface area contributed by atoms with Crippen LogP contribution in [0.25, 0.3) is 0 Å². The topological polar surface area (TPSA) is 44.3 Å². The van der Waals surface area contributed by atoms with E-state index in [2.05, 4.69) is 25.1 Å². The molecule has 1 saturated heterocycles. The number of hydrogen-bond donors (Lipinski definition) is 1. The van der Waals surface area contributed by atoms with Gasteiger partial charge >= 0.3 is 0 Å². The maximum atomic E-state index is 13.0. The summed E-state index contributed by atoms with van der Waals surface area (Å²) in [5.41, 5.74) is 1.08. The fraction of sp³-hybridized carbons (Fsp3) is 0.375. The van der Waals surface area contributed by atoms with Crippen molar-refractivity contribution in [3.63, 3.8) is 0 Å². The van der Waals surface area contributed by atoms with Crippen molar-refractivity contribution in [1.29, 1.82) is 0 Å². The molecular formula is C16H19ClFN5. The van der Waals surface area contributed by atoms with Gasteiger partial charge in [-0.15, -0.1) is 0 Å². The summed E-state index contributed by atoms with van der Waals surface area (Å²) >= 11 is 5.80. The summed E-state index contributed by atoms with van der Waals surface area (Å²) in [7, 11) is 0. The largest absolute Gasteiger partial charge is 0.369 e. The predicted octanol–water partition coefficient (Wildman–Crippen LogP) is 2.50. The molecule has 1 aromatic heterocycles. The van der Waals surface area contributed by atoms with E-state index in [0.717, 1.165) is 45.0 Å². The first kappa shape index (κ1) is 16.0. The van der Waals surface area contributed by atoms with Crippen molar-refractivity contribution in [1.82, 2.24) is 14.9 Å². The molecular weight excluding hydrogens is 317 g/mol. The highest BCUT2D eigenvalue weighted by Crippen LogP contribution is 2.16. The highest BCUT2D eigenvalue weighted by molar-refractivity contribution is 6.29. The Labute approximate surface area is 140 Å². The van der Waals surface area contributed by atoms with Crippen molar-refractivity contribution in [3.8, 4) is 0 Å². The average molecular weight is 336 g/mol. The van der Waals surface area contributed by atoms with Crippen LogP contribution in [0.4, 0.5) is 15.9 Å². The van der Waals surface area contributed by atoms with E-state index in [1.54, 1.807) is 6.20 Å². The quantitative estimate of drug-likeness (QED) is 0.909. The van der Waals surface area contributed by atoms with E-state index >= 15 is 0 Å². The lowest BCUT2D eigenvalue weighted by Crippen LogP contribution is -2.47. The number of piperazine rings is 1. The fourth-order valence-electron chi connectivity index (χ4n) is 2.65. The van der Waals surface area contributed by atoms with Gasteiger partial charge in [-0.1, -0.05) is 11.6 Å². The van der Waals surface area contributed by atoms with E-state index in [-0.39, 0.29) is 5.82 Å². The zero-order chi connectivity index (χ0) is 16.1. The van der Waals surface area contributed by atoms with Crippen LogP contribution in [-0.4, -0.2) is 54.1 Å². The molecule has 7 heteroatoms. The van der Waals surface area contributed by atoms with Gasteiger partial charge in [-0.2, -0.15) is 0 Å². The third-order valence-electron chi connectivity index (χ3n) is 3.90. The molecule has 5 nitrogen and oxygen atoms in total. The highest BCUT2D eigenvalue weighted by Gasteiger charge is 2.16. The van der Waals surface area contributed by atoms with Gasteiger partial charge in [0.25, 0.3) is 0 Å². The van der Waals surface area contributed by atoms with Crippen molar-refractivity contribution in [3.05, 3.63) is 47.6 Å². The van der Waals surface area contributed by atoms with Gasteiger partial charge in [0, 0.05) is 45.0 Å². The van der Waals surface area contributed by atoms with Crippen molar-refractivity contribution in [2.75, 3.05) is 49.5 Å². The summed E-state index contributed by atoms with van der Waals surface area (Å²) in [5.74, 6) is 0.505. The number of benzene rings is 1. The third kappa shape index (κ3) is 4.53. The van der Waals surface area contributed by atoms with Gasteiger partial charge < -0.3 is 10.2 Å². The van der Waals surface area contributed by atoms with Crippen LogP contribution in [0.15, 0.2) is 36.7 Å². The van der Waals surface area contributed by atoms with E-state index in [1.165, 1.54) is 18.3 Å². The first-order valence-corrected chi connectivity index (χ1v) is 8.03. The Balaban J connectivity index is 1.41. The maximum absolute atomic E-state index is 13.0. The molecule has 0 amide bonds. The van der Waals surface area contributed by atoms with E-state index < -0.39 is 0 Å². The Kier molecular flexibility index (Phi) is 5.25. The summed E-state index contributed by atoms with van der Waals surface area (Å²) in [6.07, 6.45) is 3.18. The smallest absolute Gasteiger partial charge is 0.149 e. The Bertz CT molecular complexity index is 629. The highest BCUT2D eigenvalue weighted by atomic mass is 35.5. The molecule has 0 bridgehead atoms. The van der Waals surface area contributed by atoms with Crippen LogP contribution in [-0.2, 0) is 0 Å². The molecule has 1 aliphatic heterocycles. The van der Waals surface area contributed by atoms with Gasteiger partial charge in [0.2, 0.25) is 0 Å². The van der Waals surface area contributed by atoms with Crippen LogP contribution in [0, 0.1) is 5.82 Å². The number of halogens is 2. The molecule has 1 aliphatic rings. The van der Waals surface area contributed by atoms with E-state index in [0.29, 0.717) is 11.0 Å². The molecule has 23 heavy (non-hydrogen) atoms. The van der Waals surface area contributed by atoms with E-state index in [4.69, 9.17) is 11.6 Å². The Morgan fingerprint density at radius 1 is 1.09 bits per heavy atom. The van der Waals surface area contributed by atoms with Crippen LogP contribution in [0.3, 0.4) is 0 Å². The fourth-order valence-corrected chi connectivity index (χ4v) is 2.80. The molecule has 1 fully saturated rings. The summed E-state index contributed by atoms with van der Waals surface area (Å²) in [6.45, 7) is 5.60. The number of nitrogens with one attached hydrogen (secondary N) is 1. The summed E-state index contributed by atoms with van der Waals surface area (Å²) in [4.78, 5) is 12.8. The standard InChI is InChI=1S/C16H19ClFN5/c17-15-11-19-12-16(21-15)20-5-6-22-7-9-23(10-8-22)14-3-1-13(18)2-4-14/h1-4,11-12H,5-10H2,(H,20,21). The Morgan fingerprint density at radius 2 is 1.83 bits per heavy atom. The molecule has 1 N–H and O–H groups in total. The first-order valence-electron chi connectivity index (χ1n) is 7.65. The maximum Gasteiger partial charge on any atom is 0.149 e. The van der Waals surface area contributed by atoms with Gasteiger partial charge in [-0.25, -0.2) is 9.37 Å². The van der Waals surface area contributed by atoms with Crippen LogP contribution in [0.2, 0.25) is 5.15 Å². The molecule has 3 rings (SSSR count). The second kappa shape index (κ2) is 7.57. The second-order valence-corrected chi connectivity index (χ2v) is 5.85. The molecule has 1 aromatic carbocycles. The van der Waals surface area contributed by atoms with Crippen molar-refractivity contribution < 1.29 is 4.39 Å². The molecule has 2 aromatic rings. The molecule has 2 heterocycles. The lowest BCUT2D eigenvalue weighted by atomic mass is 10.2. The van der Waals surface area contributed by atoms with E-state index in [1.807, 2.05) is 12.1 Å². The van der Waals surface area contributed by atoms with Gasteiger partial charge in [-0.3, -0.25) is 9.88 Å². The van der Waals surface area contributed by atoms with Crippen LogP contribution in [0.1, 0.15) is 0 Å². The minimum atomic E-state index is -0.192. The predicted molar refractivity (Wildman–Crippen MR) is 90.6 cm³/mol. The van der Waals surface area contributed by atoms with Gasteiger partial charge in [0.15, 0.2) is 0 Å². The molecule has 0 atom stereocenters. The molecule has 0 radical (unpaired) electrons. The number of rotatable bonds is 5. The zero-order valence-corrected chi connectivity index (χ0v) is 13.5. The number of hydrogen-bond acceptors (Lipinski definition) is 5. The van der Waals surface area contributed by atoms with Crippen molar-refractivity contribution >= 4 is 23.1 Å². The van der Waals surface area contributed by atoms with Gasteiger partial charge in [0.05, 0.1) is 12.4 Å².